The monoisotopic (exact) mass is 439 g/mol. The standard InChI is InChI=1S/C23H25N3O4S/c1-4-25(5-2)19-12-6-16(7-13-19)14-20-21(27)26(23(29)31-20)15-24-18-10-8-17(9-11-18)22(28)30-3/h6-14,24H,4-5,15H2,1-3H3/b20-14+. The average molecular weight is 440 g/mol. The Morgan fingerprint density at radius 2 is 1.71 bits per heavy atom. The van der Waals surface area contributed by atoms with Gasteiger partial charge in [-0.2, -0.15) is 0 Å². The maximum absolute atomic E-state index is 12.7. The predicted octanol–water partition coefficient (Wildman–Crippen LogP) is 4.43. The van der Waals surface area contributed by atoms with Gasteiger partial charge in [-0.15, -0.1) is 0 Å². The van der Waals surface area contributed by atoms with Gasteiger partial charge in [0.15, 0.2) is 0 Å². The van der Waals surface area contributed by atoms with E-state index in [2.05, 4.69) is 28.8 Å². The van der Waals surface area contributed by atoms with Gasteiger partial charge in [-0.05, 0) is 73.6 Å². The minimum atomic E-state index is -0.423. The molecule has 7 nitrogen and oxygen atoms in total. The molecule has 2 aromatic rings. The quantitative estimate of drug-likeness (QED) is 0.482. The van der Waals surface area contributed by atoms with Crippen molar-refractivity contribution >= 4 is 46.3 Å². The van der Waals surface area contributed by atoms with Gasteiger partial charge in [0.25, 0.3) is 11.1 Å². The van der Waals surface area contributed by atoms with Crippen molar-refractivity contribution in [2.24, 2.45) is 0 Å². The van der Waals surface area contributed by atoms with E-state index in [1.165, 1.54) is 7.11 Å². The van der Waals surface area contributed by atoms with Crippen LogP contribution in [0.4, 0.5) is 16.2 Å². The average Bonchev–Trinajstić information content (AvgIpc) is 3.06. The van der Waals surface area contributed by atoms with E-state index in [1.807, 2.05) is 24.3 Å². The summed E-state index contributed by atoms with van der Waals surface area (Å²) in [5.74, 6) is -0.755. The largest absolute Gasteiger partial charge is 0.465 e. The molecule has 1 aliphatic rings. The van der Waals surface area contributed by atoms with Crippen LogP contribution in [0.2, 0.25) is 0 Å². The number of benzene rings is 2. The Labute approximate surface area is 186 Å². The molecular weight excluding hydrogens is 414 g/mol. The SMILES string of the molecule is CCN(CC)c1ccc(/C=C2/SC(=O)N(CNc3ccc(C(=O)OC)cc3)C2=O)cc1. The van der Waals surface area contributed by atoms with Crippen LogP contribution < -0.4 is 10.2 Å². The van der Waals surface area contributed by atoms with Gasteiger partial charge < -0.3 is 15.0 Å². The van der Waals surface area contributed by atoms with Crippen LogP contribution in [0.3, 0.4) is 0 Å². The zero-order valence-electron chi connectivity index (χ0n) is 17.8. The Hall–Kier alpha value is -3.26. The summed E-state index contributed by atoms with van der Waals surface area (Å²) in [7, 11) is 1.32. The normalized spacial score (nSPS) is 14.8. The van der Waals surface area contributed by atoms with Crippen molar-refractivity contribution in [3.05, 3.63) is 64.6 Å². The number of methoxy groups -OCH3 is 1. The molecule has 0 aliphatic carbocycles. The van der Waals surface area contributed by atoms with Gasteiger partial charge in [0.05, 0.1) is 24.2 Å². The van der Waals surface area contributed by atoms with Crippen molar-refractivity contribution in [3.63, 3.8) is 0 Å². The second-order valence-corrected chi connectivity index (χ2v) is 7.77. The Kier molecular flexibility index (Phi) is 7.36. The molecule has 2 amide bonds. The molecule has 1 N–H and O–H groups in total. The van der Waals surface area contributed by atoms with Crippen LogP contribution in [0.5, 0.6) is 0 Å². The summed E-state index contributed by atoms with van der Waals surface area (Å²) in [5, 5.41) is 2.71. The van der Waals surface area contributed by atoms with Gasteiger partial charge in [-0.25, -0.2) is 4.79 Å². The van der Waals surface area contributed by atoms with Crippen molar-refractivity contribution in [2.75, 3.05) is 37.1 Å². The minimum absolute atomic E-state index is 0.0421. The van der Waals surface area contributed by atoms with E-state index in [0.717, 1.165) is 41.0 Å². The molecule has 0 spiro atoms. The first kappa shape index (κ1) is 22.4. The van der Waals surface area contributed by atoms with E-state index in [0.29, 0.717) is 16.2 Å². The molecule has 1 fully saturated rings. The maximum atomic E-state index is 12.7. The minimum Gasteiger partial charge on any atom is -0.465 e. The third-order valence-electron chi connectivity index (χ3n) is 4.94. The molecule has 2 aromatic carbocycles. The van der Waals surface area contributed by atoms with Gasteiger partial charge in [0.1, 0.15) is 0 Å². The molecule has 1 aliphatic heterocycles. The smallest absolute Gasteiger partial charge is 0.337 e. The number of amides is 2. The van der Waals surface area contributed by atoms with E-state index >= 15 is 0 Å². The van der Waals surface area contributed by atoms with E-state index < -0.39 is 5.97 Å². The Balaban J connectivity index is 1.64. The van der Waals surface area contributed by atoms with Crippen LogP contribution in [0.25, 0.3) is 6.08 Å². The molecule has 0 saturated carbocycles. The first-order valence-electron chi connectivity index (χ1n) is 9.99. The molecule has 1 saturated heterocycles. The second kappa shape index (κ2) is 10.2. The zero-order chi connectivity index (χ0) is 22.4. The lowest BCUT2D eigenvalue weighted by Crippen LogP contribution is -2.33. The van der Waals surface area contributed by atoms with E-state index in [9.17, 15) is 14.4 Å². The number of carbonyl (C=O) groups is 3. The number of ether oxygens (including phenoxy) is 1. The molecule has 3 rings (SSSR count). The molecule has 8 heteroatoms. The highest BCUT2D eigenvalue weighted by Gasteiger charge is 2.34. The van der Waals surface area contributed by atoms with Gasteiger partial charge in [0.2, 0.25) is 0 Å². The Morgan fingerprint density at radius 3 is 2.29 bits per heavy atom. The van der Waals surface area contributed by atoms with Crippen LogP contribution in [0.1, 0.15) is 29.8 Å². The van der Waals surface area contributed by atoms with Crippen LogP contribution in [0.15, 0.2) is 53.4 Å². The molecular formula is C23H25N3O4S. The summed E-state index contributed by atoms with van der Waals surface area (Å²) in [6, 6.07) is 14.5. The maximum Gasteiger partial charge on any atom is 0.337 e. The number of thioether (sulfide) groups is 1. The highest BCUT2D eigenvalue weighted by molar-refractivity contribution is 8.18. The van der Waals surface area contributed by atoms with Crippen LogP contribution in [-0.2, 0) is 9.53 Å². The van der Waals surface area contributed by atoms with Gasteiger partial charge in [-0.1, -0.05) is 12.1 Å². The highest BCUT2D eigenvalue weighted by atomic mass is 32.2. The lowest BCUT2D eigenvalue weighted by Gasteiger charge is -2.20. The number of imide groups is 1. The zero-order valence-corrected chi connectivity index (χ0v) is 18.6. The van der Waals surface area contributed by atoms with Crippen molar-refractivity contribution in [3.8, 4) is 0 Å². The van der Waals surface area contributed by atoms with Gasteiger partial charge in [0, 0.05) is 24.5 Å². The van der Waals surface area contributed by atoms with Crippen LogP contribution in [-0.4, -0.2) is 48.9 Å². The molecule has 0 radical (unpaired) electrons. The predicted molar refractivity (Wildman–Crippen MR) is 124 cm³/mol. The molecule has 0 aromatic heterocycles. The van der Waals surface area contributed by atoms with Crippen molar-refractivity contribution < 1.29 is 19.1 Å². The summed E-state index contributed by atoms with van der Waals surface area (Å²) >= 11 is 0.928. The Bertz CT molecular complexity index is 983. The third kappa shape index (κ3) is 5.27. The van der Waals surface area contributed by atoms with Crippen molar-refractivity contribution in [1.29, 1.82) is 0 Å². The summed E-state index contributed by atoms with van der Waals surface area (Å²) < 4.78 is 4.67. The van der Waals surface area contributed by atoms with E-state index in [4.69, 9.17) is 0 Å². The third-order valence-corrected chi connectivity index (χ3v) is 5.85. The molecule has 0 unspecified atom stereocenters. The van der Waals surface area contributed by atoms with Gasteiger partial charge in [-0.3, -0.25) is 14.5 Å². The summed E-state index contributed by atoms with van der Waals surface area (Å²) in [5.41, 5.74) is 3.10. The van der Waals surface area contributed by atoms with Gasteiger partial charge >= 0.3 is 5.97 Å². The van der Waals surface area contributed by atoms with E-state index in [1.54, 1.807) is 30.3 Å². The summed E-state index contributed by atoms with van der Waals surface area (Å²) in [6.45, 7) is 6.10. The number of anilines is 2. The molecule has 0 bridgehead atoms. The van der Waals surface area contributed by atoms with Crippen molar-refractivity contribution in [2.45, 2.75) is 13.8 Å². The lowest BCUT2D eigenvalue weighted by atomic mass is 10.1. The number of nitrogens with zero attached hydrogens (tertiary/aromatic N) is 2. The van der Waals surface area contributed by atoms with E-state index in [-0.39, 0.29) is 17.8 Å². The fourth-order valence-corrected chi connectivity index (χ4v) is 4.01. The molecule has 31 heavy (non-hydrogen) atoms. The van der Waals surface area contributed by atoms with Crippen LogP contribution >= 0.6 is 11.8 Å². The number of nitrogens with one attached hydrogen (secondary N) is 1. The molecule has 162 valence electrons. The molecule has 1 heterocycles. The fraction of sp³-hybridized carbons (Fsp3) is 0.261. The fourth-order valence-electron chi connectivity index (χ4n) is 3.17. The molecule has 0 atom stereocenters. The summed E-state index contributed by atoms with van der Waals surface area (Å²) in [4.78, 5) is 40.3. The first-order chi connectivity index (χ1) is 15.0. The number of rotatable bonds is 8. The highest BCUT2D eigenvalue weighted by Crippen LogP contribution is 2.32. The Morgan fingerprint density at radius 1 is 1.06 bits per heavy atom. The number of hydrogen-bond donors (Lipinski definition) is 1. The second-order valence-electron chi connectivity index (χ2n) is 6.78. The number of carbonyl (C=O) groups excluding carboxylic acids is 3. The van der Waals surface area contributed by atoms with Crippen molar-refractivity contribution in [1.82, 2.24) is 4.90 Å². The van der Waals surface area contributed by atoms with Crippen LogP contribution in [0, 0.1) is 0 Å². The summed E-state index contributed by atoms with van der Waals surface area (Å²) in [6.07, 6.45) is 1.74. The lowest BCUT2D eigenvalue weighted by molar-refractivity contribution is -0.122. The number of esters is 1. The number of hydrogen-bond acceptors (Lipinski definition) is 7. The first-order valence-corrected chi connectivity index (χ1v) is 10.8. The topological polar surface area (TPSA) is 79.0 Å².